The minimum absolute atomic E-state index is 0.0438. The summed E-state index contributed by atoms with van der Waals surface area (Å²) in [6, 6.07) is 4.37. The third kappa shape index (κ3) is 4.52. The Labute approximate surface area is 242 Å². The van der Waals surface area contributed by atoms with E-state index in [2.05, 4.69) is 0 Å². The molecule has 11 nitrogen and oxygen atoms in total. The Hall–Kier alpha value is -3.32. The van der Waals surface area contributed by atoms with Crippen LogP contribution in [0.5, 0.6) is 11.5 Å². The number of aliphatic hydroxyl groups excluding tert-OH is 3. The molecule has 2 heterocycles. The second kappa shape index (κ2) is 10.7. The van der Waals surface area contributed by atoms with Crippen LogP contribution in [-0.2, 0) is 22.5 Å². The predicted octanol–water partition coefficient (Wildman–Crippen LogP) is 1.75. The zero-order valence-electron chi connectivity index (χ0n) is 23.3. The van der Waals surface area contributed by atoms with Gasteiger partial charge in [-0.2, -0.15) is 0 Å². The van der Waals surface area contributed by atoms with Crippen molar-refractivity contribution in [1.29, 1.82) is 5.41 Å². The molecule has 2 aromatic carbocycles. The van der Waals surface area contributed by atoms with E-state index in [0.29, 0.717) is 12.0 Å². The fourth-order valence-electron chi connectivity index (χ4n) is 7.03. The van der Waals surface area contributed by atoms with Gasteiger partial charge in [-0.25, -0.2) is 0 Å². The molecule has 2 aliphatic heterocycles. The summed E-state index contributed by atoms with van der Waals surface area (Å²) in [6.45, 7) is 1.72. The summed E-state index contributed by atoms with van der Waals surface area (Å²) in [6.07, 6.45) is 1.61. The molecule has 7 N–H and O–H groups in total. The quantitative estimate of drug-likeness (QED) is 0.212. The van der Waals surface area contributed by atoms with E-state index in [1.807, 2.05) is 17.2 Å². The molecular weight excluding hydrogens is 544 g/mol. The zero-order chi connectivity index (χ0) is 29.9. The van der Waals surface area contributed by atoms with Crippen molar-refractivity contribution in [3.05, 3.63) is 69.4 Å². The molecule has 6 atom stereocenters. The monoisotopic (exact) mass is 580 g/mol. The number of carbonyl (C=O) groups excluding carboxylic acids is 1. The number of phenols is 2. The molecule has 42 heavy (non-hydrogen) atoms. The molecule has 6 rings (SSSR count). The van der Waals surface area contributed by atoms with Crippen LogP contribution >= 0.6 is 0 Å². The number of carbonyl (C=O) groups is 1. The molecule has 11 heteroatoms. The second-order valence-electron chi connectivity index (χ2n) is 11.7. The highest BCUT2D eigenvalue weighted by molar-refractivity contribution is 6.31. The Morgan fingerprint density at radius 1 is 1.17 bits per heavy atom. The van der Waals surface area contributed by atoms with E-state index >= 15 is 0 Å². The molecule has 224 valence electrons. The Morgan fingerprint density at radius 3 is 2.64 bits per heavy atom. The van der Waals surface area contributed by atoms with Crippen molar-refractivity contribution < 1.29 is 44.9 Å². The molecule has 4 aliphatic rings. The van der Waals surface area contributed by atoms with Crippen LogP contribution in [0, 0.1) is 5.41 Å². The van der Waals surface area contributed by atoms with Gasteiger partial charge in [-0.3, -0.25) is 10.2 Å². The molecule has 0 radical (unpaired) electrons. The van der Waals surface area contributed by atoms with Crippen LogP contribution in [0.4, 0.5) is 0 Å². The third-order valence-corrected chi connectivity index (χ3v) is 9.12. The van der Waals surface area contributed by atoms with Crippen LogP contribution in [0.25, 0.3) is 0 Å². The molecular formula is C31H36N2O9. The molecule has 2 aromatic rings. The highest BCUT2D eigenvalue weighted by atomic mass is 16.7. The number of rotatable bonds is 6. The van der Waals surface area contributed by atoms with Gasteiger partial charge in [0, 0.05) is 54.7 Å². The number of nitrogens with zero attached hydrogens (tertiary/aromatic N) is 1. The van der Waals surface area contributed by atoms with Crippen molar-refractivity contribution in [2.24, 2.45) is 0 Å². The highest BCUT2D eigenvalue weighted by Crippen LogP contribution is 2.52. The van der Waals surface area contributed by atoms with Gasteiger partial charge < -0.3 is 45.0 Å². The van der Waals surface area contributed by atoms with Gasteiger partial charge in [-0.15, -0.1) is 0 Å². The Bertz CT molecular complexity index is 1470. The van der Waals surface area contributed by atoms with E-state index in [9.17, 15) is 35.4 Å². The van der Waals surface area contributed by atoms with Gasteiger partial charge in [0.05, 0.1) is 47.3 Å². The first-order chi connectivity index (χ1) is 20.1. The van der Waals surface area contributed by atoms with E-state index in [4.69, 9.17) is 14.9 Å². The topological polar surface area (TPSA) is 184 Å². The third-order valence-electron chi connectivity index (χ3n) is 9.12. The lowest BCUT2D eigenvalue weighted by Gasteiger charge is -2.45. The summed E-state index contributed by atoms with van der Waals surface area (Å²) in [7, 11) is 0. The average Bonchev–Trinajstić information content (AvgIpc) is 3.49. The standard InChI is InChI=1S/C31H36N2O9/c1-15-27(36)19(33-8-2-3-9-33)11-21(41-15)42-20-13-31(40,7-10-34)12-18-23(20)30(39)24-25(29(18)38)28(37)17-6-4-5-16(14-35)22(17)26(24)32/h2,4-6,8,15,19-21,27,32,34-36,38-40H,3,7,9-14H2,1H3/t15?,19?,20-,21?,27?,31-/m0/s1. The fourth-order valence-corrected chi connectivity index (χ4v) is 7.03. The number of nitrogens with one attached hydrogen (secondary N) is 1. The Kier molecular flexibility index (Phi) is 7.37. The second-order valence-corrected chi connectivity index (χ2v) is 11.7. The van der Waals surface area contributed by atoms with Crippen LogP contribution < -0.4 is 0 Å². The van der Waals surface area contributed by atoms with Gasteiger partial charge in [0.1, 0.15) is 17.6 Å². The van der Waals surface area contributed by atoms with Crippen LogP contribution in [0.1, 0.15) is 82.4 Å². The first kappa shape index (κ1) is 28.8. The lowest BCUT2D eigenvalue weighted by atomic mass is 9.71. The van der Waals surface area contributed by atoms with Crippen LogP contribution in [0.15, 0.2) is 30.5 Å². The summed E-state index contributed by atoms with van der Waals surface area (Å²) < 4.78 is 12.4. The predicted molar refractivity (Wildman–Crippen MR) is 150 cm³/mol. The van der Waals surface area contributed by atoms with E-state index < -0.39 is 54.1 Å². The molecule has 4 unspecified atom stereocenters. The van der Waals surface area contributed by atoms with Crippen molar-refractivity contribution in [2.45, 2.75) is 81.9 Å². The molecule has 0 saturated carbocycles. The number of ketones is 1. The number of hydrogen-bond donors (Lipinski definition) is 7. The number of aliphatic hydroxyl groups is 4. The van der Waals surface area contributed by atoms with E-state index in [1.165, 1.54) is 6.07 Å². The summed E-state index contributed by atoms with van der Waals surface area (Å²) in [5.41, 5.74) is -1.30. The number of benzene rings is 2. The summed E-state index contributed by atoms with van der Waals surface area (Å²) in [5, 5.41) is 74.2. The number of aromatic hydroxyl groups is 2. The fraction of sp³-hybridized carbons (Fsp3) is 0.484. The average molecular weight is 581 g/mol. The molecule has 2 aliphatic carbocycles. The van der Waals surface area contributed by atoms with Gasteiger partial charge in [0.25, 0.3) is 0 Å². The van der Waals surface area contributed by atoms with Gasteiger partial charge in [-0.1, -0.05) is 24.3 Å². The van der Waals surface area contributed by atoms with Crippen molar-refractivity contribution in [3.8, 4) is 11.5 Å². The number of hydrogen-bond acceptors (Lipinski definition) is 11. The Morgan fingerprint density at radius 2 is 1.95 bits per heavy atom. The summed E-state index contributed by atoms with van der Waals surface area (Å²) >= 11 is 0. The molecule has 0 bridgehead atoms. The minimum Gasteiger partial charge on any atom is -0.507 e. The molecule has 0 aromatic heterocycles. The summed E-state index contributed by atoms with van der Waals surface area (Å²) in [5.74, 6) is -1.50. The SMILES string of the molecule is CC1OC(O[C@H]2C[C@](O)(CCO)Cc3c(O)c4c(c(O)c32)C(=N)c2c(CO)cccc2C4=O)CC(N2C=CCC2)C1O. The smallest absolute Gasteiger partial charge is 0.198 e. The maximum atomic E-state index is 13.7. The van der Waals surface area contributed by atoms with Crippen molar-refractivity contribution in [3.63, 3.8) is 0 Å². The number of phenolic OH excluding ortho intramolecular Hbond substituents is 2. The molecule has 1 fully saturated rings. The van der Waals surface area contributed by atoms with E-state index in [-0.39, 0.29) is 71.0 Å². The number of fused-ring (bicyclic) bond motifs is 3. The Balaban J connectivity index is 1.45. The highest BCUT2D eigenvalue weighted by Gasteiger charge is 2.47. The van der Waals surface area contributed by atoms with Crippen LogP contribution in [0.3, 0.4) is 0 Å². The van der Waals surface area contributed by atoms with Gasteiger partial charge in [-0.05, 0) is 31.5 Å². The largest absolute Gasteiger partial charge is 0.507 e. The minimum atomic E-state index is -1.53. The van der Waals surface area contributed by atoms with Crippen LogP contribution in [-0.4, -0.2) is 90.3 Å². The molecule has 0 spiro atoms. The van der Waals surface area contributed by atoms with Crippen molar-refractivity contribution in [2.75, 3.05) is 13.2 Å². The lowest BCUT2D eigenvalue weighted by Crippen LogP contribution is -2.54. The van der Waals surface area contributed by atoms with Gasteiger partial charge in [0.2, 0.25) is 0 Å². The summed E-state index contributed by atoms with van der Waals surface area (Å²) in [4.78, 5) is 15.7. The van der Waals surface area contributed by atoms with Gasteiger partial charge >= 0.3 is 0 Å². The maximum absolute atomic E-state index is 13.7. The van der Waals surface area contributed by atoms with Gasteiger partial charge in [0.15, 0.2) is 12.1 Å². The first-order valence-corrected chi connectivity index (χ1v) is 14.3. The van der Waals surface area contributed by atoms with Crippen molar-refractivity contribution >= 4 is 11.5 Å². The van der Waals surface area contributed by atoms with Crippen LogP contribution in [0.2, 0.25) is 0 Å². The zero-order valence-corrected chi connectivity index (χ0v) is 23.3. The van der Waals surface area contributed by atoms with E-state index in [1.54, 1.807) is 19.1 Å². The molecule has 0 amide bonds. The lowest BCUT2D eigenvalue weighted by molar-refractivity contribution is -0.257. The maximum Gasteiger partial charge on any atom is 0.198 e. The van der Waals surface area contributed by atoms with E-state index in [0.717, 1.165) is 13.0 Å². The normalized spacial score (nSPS) is 30.3. The molecule has 1 saturated heterocycles. The number of ether oxygens (including phenoxy) is 2. The first-order valence-electron chi connectivity index (χ1n) is 14.3. The van der Waals surface area contributed by atoms with Crippen molar-refractivity contribution in [1.82, 2.24) is 4.90 Å².